The number of hydrogen-bond donors (Lipinski definition) is 1. The van der Waals surface area contributed by atoms with E-state index in [0.717, 1.165) is 33.2 Å². The molecule has 7 heteroatoms. The summed E-state index contributed by atoms with van der Waals surface area (Å²) in [6.07, 6.45) is 2.49. The number of rotatable bonds is 8. The molecular formula is C21H22N4OS2. The van der Waals surface area contributed by atoms with Gasteiger partial charge in [0.15, 0.2) is 0 Å². The summed E-state index contributed by atoms with van der Waals surface area (Å²) in [6.45, 7) is 2.22. The van der Waals surface area contributed by atoms with Gasteiger partial charge in [-0.05, 0) is 30.5 Å². The molecule has 1 atom stereocenters. The van der Waals surface area contributed by atoms with Gasteiger partial charge in [-0.3, -0.25) is 4.79 Å². The molecule has 1 amide bonds. The topological polar surface area (TPSA) is 70.7 Å². The van der Waals surface area contributed by atoms with Gasteiger partial charge in [0.25, 0.3) is 0 Å². The second-order valence-corrected chi connectivity index (χ2v) is 8.72. The largest absolute Gasteiger partial charge is 0.324 e. The van der Waals surface area contributed by atoms with Crippen LogP contribution >= 0.6 is 23.5 Å². The van der Waals surface area contributed by atoms with Crippen LogP contribution in [0.3, 0.4) is 0 Å². The van der Waals surface area contributed by atoms with Crippen molar-refractivity contribution < 1.29 is 4.79 Å². The second-order valence-electron chi connectivity index (χ2n) is 6.37. The van der Waals surface area contributed by atoms with E-state index in [-0.39, 0.29) is 17.7 Å². The van der Waals surface area contributed by atoms with Gasteiger partial charge in [0.2, 0.25) is 5.91 Å². The molecule has 1 unspecified atom stereocenters. The van der Waals surface area contributed by atoms with Gasteiger partial charge in [0.1, 0.15) is 12.4 Å². The van der Waals surface area contributed by atoms with Crippen molar-refractivity contribution in [1.29, 1.82) is 5.26 Å². The monoisotopic (exact) mass is 410 g/mol. The standard InChI is InChI=1S/C21H22N4OS2/c1-15(11-12-22)28-19-10-6-4-8-17(19)24-21(26)13-25-18-9-5-3-7-16(18)23-20(25)14-27-2/h3-10,15H,11,13-14H2,1-2H3,(H,24,26). The van der Waals surface area contributed by atoms with Crippen molar-refractivity contribution in [3.8, 4) is 6.07 Å². The van der Waals surface area contributed by atoms with Crippen LogP contribution in [0.25, 0.3) is 11.0 Å². The molecular weight excluding hydrogens is 388 g/mol. The van der Waals surface area contributed by atoms with E-state index in [1.54, 1.807) is 23.5 Å². The Balaban J connectivity index is 1.79. The van der Waals surface area contributed by atoms with E-state index < -0.39 is 0 Å². The number of nitrogens with zero attached hydrogens (tertiary/aromatic N) is 3. The fourth-order valence-corrected chi connectivity index (χ4v) is 4.41. The Kier molecular flexibility index (Phi) is 7.01. The molecule has 3 aromatic rings. The number of para-hydroxylation sites is 3. The molecule has 0 radical (unpaired) electrons. The maximum absolute atomic E-state index is 12.8. The predicted octanol–water partition coefficient (Wildman–Crippen LogP) is 4.93. The zero-order valence-electron chi connectivity index (χ0n) is 15.9. The summed E-state index contributed by atoms with van der Waals surface area (Å²) in [5.74, 6) is 1.56. The number of anilines is 1. The van der Waals surface area contributed by atoms with Crippen LogP contribution in [0.15, 0.2) is 53.4 Å². The highest BCUT2D eigenvalue weighted by atomic mass is 32.2. The third-order valence-electron chi connectivity index (χ3n) is 4.18. The first-order valence-corrected chi connectivity index (χ1v) is 11.2. The maximum atomic E-state index is 12.8. The molecule has 0 aliphatic rings. The lowest BCUT2D eigenvalue weighted by molar-refractivity contribution is -0.116. The van der Waals surface area contributed by atoms with Crippen LogP contribution in [0.2, 0.25) is 0 Å². The van der Waals surface area contributed by atoms with E-state index in [0.29, 0.717) is 6.42 Å². The third-order valence-corrected chi connectivity index (χ3v) is 5.90. The summed E-state index contributed by atoms with van der Waals surface area (Å²) < 4.78 is 1.98. The van der Waals surface area contributed by atoms with Crippen LogP contribution in [-0.2, 0) is 17.1 Å². The summed E-state index contributed by atoms with van der Waals surface area (Å²) in [4.78, 5) is 18.5. The molecule has 28 heavy (non-hydrogen) atoms. The van der Waals surface area contributed by atoms with Crippen molar-refractivity contribution in [2.45, 2.75) is 35.8 Å². The summed E-state index contributed by atoms with van der Waals surface area (Å²) in [5, 5.41) is 12.1. The van der Waals surface area contributed by atoms with Gasteiger partial charge >= 0.3 is 0 Å². The number of amides is 1. The van der Waals surface area contributed by atoms with Gasteiger partial charge < -0.3 is 9.88 Å². The minimum absolute atomic E-state index is 0.0912. The molecule has 0 spiro atoms. The number of fused-ring (bicyclic) bond motifs is 1. The number of aromatic nitrogens is 2. The molecule has 1 aromatic heterocycles. The average Bonchev–Trinajstić information content (AvgIpc) is 3.01. The quantitative estimate of drug-likeness (QED) is 0.533. The number of imidazole rings is 1. The smallest absolute Gasteiger partial charge is 0.244 e. The Morgan fingerprint density at radius 1 is 1.25 bits per heavy atom. The molecule has 144 valence electrons. The number of thioether (sulfide) groups is 2. The Hall–Kier alpha value is -2.43. The molecule has 1 N–H and O–H groups in total. The van der Waals surface area contributed by atoms with E-state index in [9.17, 15) is 4.79 Å². The van der Waals surface area contributed by atoms with Crippen molar-refractivity contribution in [2.24, 2.45) is 0 Å². The van der Waals surface area contributed by atoms with Gasteiger partial charge in [-0.2, -0.15) is 17.0 Å². The molecule has 0 aliphatic heterocycles. The lowest BCUT2D eigenvalue weighted by Gasteiger charge is -2.14. The summed E-state index contributed by atoms with van der Waals surface area (Å²) in [6, 6.07) is 17.8. The molecule has 0 saturated heterocycles. The lowest BCUT2D eigenvalue weighted by Crippen LogP contribution is -2.20. The fraction of sp³-hybridized carbons (Fsp3) is 0.286. The number of carbonyl (C=O) groups excluding carboxylic acids is 1. The highest BCUT2D eigenvalue weighted by Crippen LogP contribution is 2.31. The minimum atomic E-state index is -0.0912. The highest BCUT2D eigenvalue weighted by molar-refractivity contribution is 8.00. The van der Waals surface area contributed by atoms with Gasteiger partial charge in [0, 0.05) is 16.6 Å². The lowest BCUT2D eigenvalue weighted by atomic mass is 10.3. The molecule has 2 aromatic carbocycles. The van der Waals surface area contributed by atoms with Crippen LogP contribution < -0.4 is 5.32 Å². The molecule has 0 fully saturated rings. The van der Waals surface area contributed by atoms with Gasteiger partial charge in [-0.15, -0.1) is 11.8 Å². The molecule has 0 bridgehead atoms. The van der Waals surface area contributed by atoms with Crippen molar-refractivity contribution in [1.82, 2.24) is 9.55 Å². The summed E-state index contributed by atoms with van der Waals surface area (Å²) in [5.41, 5.74) is 2.64. The molecule has 1 heterocycles. The van der Waals surface area contributed by atoms with E-state index in [2.05, 4.69) is 16.4 Å². The first-order chi connectivity index (χ1) is 13.6. The number of benzene rings is 2. The summed E-state index contributed by atoms with van der Waals surface area (Å²) >= 11 is 3.28. The maximum Gasteiger partial charge on any atom is 0.244 e. The number of nitriles is 1. The van der Waals surface area contributed by atoms with E-state index in [1.165, 1.54) is 0 Å². The van der Waals surface area contributed by atoms with Crippen LogP contribution in [0.4, 0.5) is 5.69 Å². The van der Waals surface area contributed by atoms with Crippen LogP contribution in [-0.4, -0.2) is 27.0 Å². The fourth-order valence-electron chi connectivity index (χ4n) is 2.93. The van der Waals surface area contributed by atoms with Gasteiger partial charge in [-0.25, -0.2) is 4.98 Å². The average molecular weight is 411 g/mol. The Bertz CT molecular complexity index is 1010. The van der Waals surface area contributed by atoms with Gasteiger partial charge in [0.05, 0.1) is 28.5 Å². The number of nitrogens with one attached hydrogen (secondary N) is 1. The first kappa shape index (κ1) is 20.3. The van der Waals surface area contributed by atoms with E-state index in [4.69, 9.17) is 5.26 Å². The molecule has 3 rings (SSSR count). The van der Waals surface area contributed by atoms with Crippen molar-refractivity contribution in [3.63, 3.8) is 0 Å². The van der Waals surface area contributed by atoms with Crippen LogP contribution in [0, 0.1) is 11.3 Å². The Labute approximate surface area is 173 Å². The van der Waals surface area contributed by atoms with Crippen molar-refractivity contribution in [2.75, 3.05) is 11.6 Å². The number of carbonyl (C=O) groups is 1. The van der Waals surface area contributed by atoms with Crippen molar-refractivity contribution in [3.05, 3.63) is 54.4 Å². The molecule has 0 saturated carbocycles. The first-order valence-electron chi connectivity index (χ1n) is 8.98. The third kappa shape index (κ3) is 4.89. The van der Waals surface area contributed by atoms with Crippen molar-refractivity contribution >= 4 is 46.2 Å². The second kappa shape index (κ2) is 9.67. The van der Waals surface area contributed by atoms with E-state index in [1.807, 2.05) is 66.3 Å². The number of hydrogen-bond acceptors (Lipinski definition) is 5. The van der Waals surface area contributed by atoms with Gasteiger partial charge in [-0.1, -0.05) is 31.2 Å². The Morgan fingerprint density at radius 2 is 2.00 bits per heavy atom. The molecule has 0 aliphatic carbocycles. The zero-order chi connectivity index (χ0) is 19.9. The zero-order valence-corrected chi connectivity index (χ0v) is 17.5. The highest BCUT2D eigenvalue weighted by Gasteiger charge is 2.15. The minimum Gasteiger partial charge on any atom is -0.324 e. The Morgan fingerprint density at radius 3 is 2.79 bits per heavy atom. The van der Waals surface area contributed by atoms with E-state index >= 15 is 0 Å². The van der Waals surface area contributed by atoms with Crippen LogP contribution in [0.5, 0.6) is 0 Å². The van der Waals surface area contributed by atoms with Crippen LogP contribution in [0.1, 0.15) is 19.2 Å². The normalized spacial score (nSPS) is 11.9. The SMILES string of the molecule is CSCc1nc2ccccc2n1CC(=O)Nc1ccccc1SC(C)CC#N. The summed E-state index contributed by atoms with van der Waals surface area (Å²) in [7, 11) is 0. The predicted molar refractivity (Wildman–Crippen MR) is 118 cm³/mol. The molecule has 5 nitrogen and oxygen atoms in total.